The molecule has 0 aliphatic carbocycles. The van der Waals surface area contributed by atoms with Crippen LogP contribution >= 0.6 is 0 Å². The number of carbonyl (C=O) groups excluding carboxylic acids is 2. The minimum Gasteiger partial charge on any atom is -0.405 e. The maximum absolute atomic E-state index is 13.4. The lowest BCUT2D eigenvalue weighted by atomic mass is 10.0. The average molecular weight is 562 g/mol. The highest BCUT2D eigenvalue weighted by Gasteiger charge is 2.34. The maximum atomic E-state index is 13.4. The fraction of sp³-hybridized carbons (Fsp3) is 0.200. The first-order valence-electron chi connectivity index (χ1n) is 12.8. The van der Waals surface area contributed by atoms with Gasteiger partial charge in [0.15, 0.2) is 0 Å². The number of aromatic nitrogens is 2. The van der Waals surface area contributed by atoms with Crippen LogP contribution in [0.1, 0.15) is 15.9 Å². The van der Waals surface area contributed by atoms with Crippen LogP contribution in [-0.2, 0) is 11.3 Å². The first-order valence-corrected chi connectivity index (χ1v) is 12.8. The van der Waals surface area contributed by atoms with Crippen LogP contribution in [0.3, 0.4) is 0 Å². The van der Waals surface area contributed by atoms with E-state index in [9.17, 15) is 22.8 Å². The Hall–Kier alpha value is -4.77. The second kappa shape index (κ2) is 11.8. The van der Waals surface area contributed by atoms with E-state index >= 15 is 0 Å². The van der Waals surface area contributed by atoms with Crippen LogP contribution in [0.5, 0.6) is 5.75 Å². The zero-order valence-electron chi connectivity index (χ0n) is 22.1. The van der Waals surface area contributed by atoms with E-state index in [1.165, 1.54) is 30.3 Å². The van der Waals surface area contributed by atoms with Gasteiger partial charge in [0.1, 0.15) is 11.6 Å². The summed E-state index contributed by atoms with van der Waals surface area (Å²) in [7, 11) is 1.44. The van der Waals surface area contributed by atoms with Gasteiger partial charge >= 0.3 is 6.36 Å². The van der Waals surface area contributed by atoms with E-state index in [2.05, 4.69) is 14.7 Å². The van der Waals surface area contributed by atoms with E-state index in [1.54, 1.807) is 53.7 Å². The van der Waals surface area contributed by atoms with Gasteiger partial charge in [-0.15, -0.1) is 13.2 Å². The monoisotopic (exact) mass is 561 g/mol. The number of ether oxygens (including phenoxy) is 1. The molecule has 8 nitrogen and oxygen atoms in total. The van der Waals surface area contributed by atoms with E-state index < -0.39 is 18.0 Å². The van der Waals surface area contributed by atoms with Crippen molar-refractivity contribution in [1.82, 2.24) is 14.9 Å². The normalized spacial score (nSPS) is 14.1. The number of halogens is 3. The zero-order valence-corrected chi connectivity index (χ0v) is 22.1. The van der Waals surface area contributed by atoms with E-state index in [4.69, 9.17) is 0 Å². The minimum atomic E-state index is -4.97. The van der Waals surface area contributed by atoms with Gasteiger partial charge in [0.2, 0.25) is 5.91 Å². The molecule has 0 atom stereocenters. The number of rotatable bonds is 7. The summed E-state index contributed by atoms with van der Waals surface area (Å²) >= 11 is 0. The highest BCUT2D eigenvalue weighted by Crippen LogP contribution is 2.32. The summed E-state index contributed by atoms with van der Waals surface area (Å²) in [4.78, 5) is 39.5. The standard InChI is InChI=1S/C30H26F3N5O3/c1-36(29(40)25-17-23(22-5-3-2-4-6-22)7-9-26(25)41-30(31,32)33)24-8-10-27(35-18-24)38-16-15-37(20-28(38)39)19-21-11-13-34-14-12-21/h2-14,17-18H,15-16,19-20H2,1H3. The predicted octanol–water partition coefficient (Wildman–Crippen LogP) is 5.17. The van der Waals surface area contributed by atoms with Crippen LogP contribution < -0.4 is 14.5 Å². The van der Waals surface area contributed by atoms with Crippen molar-refractivity contribution < 1.29 is 27.5 Å². The molecule has 1 aliphatic rings. The summed E-state index contributed by atoms with van der Waals surface area (Å²) < 4.78 is 43.5. The molecular weight excluding hydrogens is 535 g/mol. The van der Waals surface area contributed by atoms with Crippen LogP contribution in [0.4, 0.5) is 24.7 Å². The summed E-state index contributed by atoms with van der Waals surface area (Å²) in [5.74, 6) is -0.997. The Balaban J connectivity index is 1.32. The van der Waals surface area contributed by atoms with Crippen molar-refractivity contribution in [2.75, 3.05) is 36.5 Å². The number of anilines is 2. The van der Waals surface area contributed by atoms with Crippen molar-refractivity contribution >= 4 is 23.3 Å². The SMILES string of the molecule is CN(C(=O)c1cc(-c2ccccc2)ccc1OC(F)(F)F)c1ccc(N2CCN(Cc3ccncc3)CC2=O)nc1. The molecule has 0 saturated carbocycles. The Morgan fingerprint density at radius 2 is 1.73 bits per heavy atom. The van der Waals surface area contributed by atoms with Crippen LogP contribution in [-0.4, -0.2) is 59.7 Å². The molecule has 0 spiro atoms. The summed E-state index contributed by atoms with van der Waals surface area (Å²) in [6.45, 7) is 1.95. The highest BCUT2D eigenvalue weighted by molar-refractivity contribution is 6.08. The Bertz CT molecular complexity index is 1520. The van der Waals surface area contributed by atoms with E-state index in [0.29, 0.717) is 36.7 Å². The molecule has 11 heteroatoms. The summed E-state index contributed by atoms with van der Waals surface area (Å²) in [6.07, 6.45) is -0.134. The van der Waals surface area contributed by atoms with Gasteiger partial charge in [-0.1, -0.05) is 36.4 Å². The van der Waals surface area contributed by atoms with Crippen molar-refractivity contribution in [1.29, 1.82) is 0 Å². The molecule has 0 unspecified atom stereocenters. The number of piperazine rings is 1. The molecule has 2 aromatic heterocycles. The number of alkyl halides is 3. The third-order valence-electron chi connectivity index (χ3n) is 6.70. The van der Waals surface area contributed by atoms with Crippen molar-refractivity contribution in [3.63, 3.8) is 0 Å². The molecular formula is C30H26F3N5O3. The fourth-order valence-corrected chi connectivity index (χ4v) is 4.60. The first kappa shape index (κ1) is 27.8. The average Bonchev–Trinajstić information content (AvgIpc) is 2.97. The molecule has 1 aliphatic heterocycles. The lowest BCUT2D eigenvalue weighted by Gasteiger charge is -2.33. The number of hydrogen-bond acceptors (Lipinski definition) is 6. The van der Waals surface area contributed by atoms with Crippen molar-refractivity contribution in [3.8, 4) is 16.9 Å². The third kappa shape index (κ3) is 6.69. The lowest BCUT2D eigenvalue weighted by molar-refractivity contribution is -0.274. The van der Waals surface area contributed by atoms with Crippen LogP contribution in [0.25, 0.3) is 11.1 Å². The van der Waals surface area contributed by atoms with Gasteiger partial charge in [0, 0.05) is 39.1 Å². The lowest BCUT2D eigenvalue weighted by Crippen LogP contribution is -2.50. The van der Waals surface area contributed by atoms with E-state index in [0.717, 1.165) is 17.2 Å². The van der Waals surface area contributed by atoms with Crippen molar-refractivity contribution in [3.05, 3.63) is 103 Å². The van der Waals surface area contributed by atoms with Gasteiger partial charge < -0.3 is 9.64 Å². The number of pyridine rings is 2. The molecule has 3 heterocycles. The Morgan fingerprint density at radius 3 is 2.39 bits per heavy atom. The van der Waals surface area contributed by atoms with Gasteiger partial charge in [-0.3, -0.25) is 24.4 Å². The summed E-state index contributed by atoms with van der Waals surface area (Å²) in [5.41, 5.74) is 2.45. The minimum absolute atomic E-state index is 0.110. The van der Waals surface area contributed by atoms with Gasteiger partial charge in [0.05, 0.1) is 24.0 Å². The molecule has 41 heavy (non-hydrogen) atoms. The van der Waals surface area contributed by atoms with Crippen molar-refractivity contribution in [2.24, 2.45) is 0 Å². The second-order valence-electron chi connectivity index (χ2n) is 9.48. The van der Waals surface area contributed by atoms with Gasteiger partial charge in [-0.2, -0.15) is 0 Å². The van der Waals surface area contributed by atoms with Gasteiger partial charge in [0.25, 0.3) is 5.91 Å². The predicted molar refractivity (Wildman–Crippen MR) is 147 cm³/mol. The molecule has 2 amide bonds. The topological polar surface area (TPSA) is 78.9 Å². The number of amides is 2. The maximum Gasteiger partial charge on any atom is 0.573 e. The molecule has 0 N–H and O–H groups in total. The van der Waals surface area contributed by atoms with Crippen LogP contribution in [0.2, 0.25) is 0 Å². The summed E-state index contributed by atoms with van der Waals surface area (Å²) in [6, 6.07) is 20.0. The number of carbonyl (C=O) groups is 2. The molecule has 210 valence electrons. The Labute approximate surface area is 234 Å². The quantitative estimate of drug-likeness (QED) is 0.310. The second-order valence-corrected chi connectivity index (χ2v) is 9.48. The molecule has 4 aromatic rings. The molecule has 5 rings (SSSR count). The first-order chi connectivity index (χ1) is 19.7. The van der Waals surface area contributed by atoms with Gasteiger partial charge in [-0.25, -0.2) is 4.98 Å². The molecule has 1 fully saturated rings. The van der Waals surface area contributed by atoms with Crippen LogP contribution in [0, 0.1) is 0 Å². The van der Waals surface area contributed by atoms with E-state index in [-0.39, 0.29) is 18.0 Å². The zero-order chi connectivity index (χ0) is 29.0. The molecule has 0 radical (unpaired) electrons. The summed E-state index contributed by atoms with van der Waals surface area (Å²) in [5, 5.41) is 0. The highest BCUT2D eigenvalue weighted by atomic mass is 19.4. The van der Waals surface area contributed by atoms with Gasteiger partial charge in [-0.05, 0) is 53.1 Å². The number of benzene rings is 2. The third-order valence-corrected chi connectivity index (χ3v) is 6.70. The fourth-order valence-electron chi connectivity index (χ4n) is 4.60. The number of hydrogen-bond donors (Lipinski definition) is 0. The van der Waals surface area contributed by atoms with Crippen molar-refractivity contribution in [2.45, 2.75) is 12.9 Å². The molecule has 0 bridgehead atoms. The Kier molecular flexibility index (Phi) is 7.97. The molecule has 2 aromatic carbocycles. The number of nitrogens with zero attached hydrogens (tertiary/aromatic N) is 5. The van der Waals surface area contributed by atoms with Crippen LogP contribution in [0.15, 0.2) is 91.4 Å². The van der Waals surface area contributed by atoms with E-state index in [1.807, 2.05) is 23.1 Å². The Morgan fingerprint density at radius 1 is 0.976 bits per heavy atom. The smallest absolute Gasteiger partial charge is 0.405 e. The largest absolute Gasteiger partial charge is 0.573 e. The molecule has 1 saturated heterocycles.